The molecule has 0 aromatic heterocycles. The van der Waals surface area contributed by atoms with E-state index in [0.717, 1.165) is 10.5 Å². The van der Waals surface area contributed by atoms with Crippen molar-refractivity contribution in [1.29, 1.82) is 0 Å². The second kappa shape index (κ2) is 15.4. The fourth-order valence-electron chi connectivity index (χ4n) is 4.23. The van der Waals surface area contributed by atoms with Gasteiger partial charge in [-0.15, -0.1) is 11.8 Å². The van der Waals surface area contributed by atoms with Gasteiger partial charge >= 0.3 is 5.97 Å². The van der Waals surface area contributed by atoms with Crippen molar-refractivity contribution >= 4 is 52.9 Å². The maximum Gasteiger partial charge on any atom is 0.335 e. The Hall–Kier alpha value is -5.55. The van der Waals surface area contributed by atoms with Gasteiger partial charge in [0.15, 0.2) is 0 Å². The highest BCUT2D eigenvalue weighted by Gasteiger charge is 2.19. The molecule has 4 aromatic carbocycles. The SMILES string of the molecule is COc1ccc(/C=C(\NC(=O)c2ccccc2)C(=O)Nc2ccc(SC(C)C(=O)Nc3cc(C(=O)O)ccc3C)cc2)c(OC)c1. The highest BCUT2D eigenvalue weighted by Crippen LogP contribution is 2.28. The first-order chi connectivity index (χ1) is 22.1. The zero-order valence-corrected chi connectivity index (χ0v) is 26.4. The zero-order chi connectivity index (χ0) is 33.2. The van der Waals surface area contributed by atoms with Crippen molar-refractivity contribution < 1.29 is 33.8 Å². The largest absolute Gasteiger partial charge is 0.497 e. The Labute approximate surface area is 270 Å². The van der Waals surface area contributed by atoms with Crippen LogP contribution in [0.2, 0.25) is 0 Å². The highest BCUT2D eigenvalue weighted by molar-refractivity contribution is 8.00. The van der Waals surface area contributed by atoms with Gasteiger partial charge in [-0.25, -0.2) is 4.79 Å². The predicted octanol–water partition coefficient (Wildman–Crippen LogP) is 6.24. The summed E-state index contributed by atoms with van der Waals surface area (Å²) in [6, 6.07) is 25.1. The lowest BCUT2D eigenvalue weighted by atomic mass is 10.1. The third-order valence-electron chi connectivity index (χ3n) is 6.81. The van der Waals surface area contributed by atoms with Crippen LogP contribution in [0.15, 0.2) is 102 Å². The van der Waals surface area contributed by atoms with Gasteiger partial charge < -0.3 is 30.5 Å². The number of carbonyl (C=O) groups is 4. The Balaban J connectivity index is 1.48. The lowest BCUT2D eigenvalue weighted by Gasteiger charge is -2.15. The normalized spacial score (nSPS) is 11.6. The number of carboxylic acid groups (broad SMARTS) is 1. The Morgan fingerprint density at radius 2 is 1.54 bits per heavy atom. The van der Waals surface area contributed by atoms with Gasteiger partial charge in [-0.3, -0.25) is 14.4 Å². The summed E-state index contributed by atoms with van der Waals surface area (Å²) in [5.74, 6) is -1.37. The van der Waals surface area contributed by atoms with Crippen molar-refractivity contribution in [3.63, 3.8) is 0 Å². The summed E-state index contributed by atoms with van der Waals surface area (Å²) in [5, 5.41) is 17.1. The van der Waals surface area contributed by atoms with E-state index >= 15 is 0 Å². The third-order valence-corrected chi connectivity index (χ3v) is 7.92. The first-order valence-electron chi connectivity index (χ1n) is 14.1. The van der Waals surface area contributed by atoms with Gasteiger partial charge in [-0.1, -0.05) is 24.3 Å². The summed E-state index contributed by atoms with van der Waals surface area (Å²) < 4.78 is 10.7. The molecule has 0 aliphatic carbocycles. The molecule has 3 amide bonds. The van der Waals surface area contributed by atoms with Gasteiger partial charge in [0.2, 0.25) is 5.91 Å². The van der Waals surface area contributed by atoms with Crippen LogP contribution in [0.25, 0.3) is 6.08 Å². The number of amides is 3. The minimum absolute atomic E-state index is 0.0108. The first kappa shape index (κ1) is 33.3. The molecule has 4 aromatic rings. The van der Waals surface area contributed by atoms with Crippen LogP contribution in [0.1, 0.15) is 38.8 Å². The molecule has 4 N–H and O–H groups in total. The highest BCUT2D eigenvalue weighted by atomic mass is 32.2. The summed E-state index contributed by atoms with van der Waals surface area (Å²) in [6.45, 7) is 3.53. The standard InChI is InChI=1S/C35H33N3O7S/c1-21-10-11-25(35(42)43)19-29(21)37-32(39)22(2)46-28-16-13-26(14-17-28)36-34(41)30(38-33(40)23-8-6-5-7-9-23)18-24-12-15-27(44-3)20-31(24)45-4/h5-20,22H,1-4H3,(H,36,41)(H,37,39)(H,38,40)(H,42,43)/b30-18-. The maximum absolute atomic E-state index is 13.5. The molecule has 0 fully saturated rings. The van der Waals surface area contributed by atoms with Crippen LogP contribution in [0.4, 0.5) is 11.4 Å². The van der Waals surface area contributed by atoms with Crippen LogP contribution in [0.5, 0.6) is 11.5 Å². The van der Waals surface area contributed by atoms with Crippen LogP contribution in [-0.4, -0.2) is 48.3 Å². The molecule has 0 bridgehead atoms. The maximum atomic E-state index is 13.5. The summed E-state index contributed by atoms with van der Waals surface area (Å²) in [4.78, 5) is 51.4. The minimum atomic E-state index is -1.08. The Bertz CT molecular complexity index is 1770. The van der Waals surface area contributed by atoms with Crippen LogP contribution in [-0.2, 0) is 9.59 Å². The lowest BCUT2D eigenvalue weighted by molar-refractivity contribution is -0.115. The average Bonchev–Trinajstić information content (AvgIpc) is 3.06. The number of methoxy groups -OCH3 is 2. The number of rotatable bonds is 12. The molecule has 0 aliphatic rings. The molecule has 11 heteroatoms. The van der Waals surface area contributed by atoms with Gasteiger partial charge in [-0.2, -0.15) is 0 Å². The molecule has 4 rings (SSSR count). The number of carbonyl (C=O) groups excluding carboxylic acids is 3. The van der Waals surface area contributed by atoms with Crippen LogP contribution in [0.3, 0.4) is 0 Å². The monoisotopic (exact) mass is 639 g/mol. The third kappa shape index (κ3) is 8.76. The van der Waals surface area contributed by atoms with Crippen molar-refractivity contribution in [1.82, 2.24) is 5.32 Å². The summed E-state index contributed by atoms with van der Waals surface area (Å²) >= 11 is 1.30. The van der Waals surface area contributed by atoms with E-state index < -0.39 is 23.0 Å². The number of anilines is 2. The molecule has 0 heterocycles. The van der Waals surface area contributed by atoms with E-state index in [1.165, 1.54) is 44.2 Å². The number of hydrogen-bond acceptors (Lipinski definition) is 7. The Morgan fingerprint density at radius 3 is 2.20 bits per heavy atom. The van der Waals surface area contributed by atoms with Gasteiger partial charge in [-0.05, 0) is 86.2 Å². The van der Waals surface area contributed by atoms with E-state index in [9.17, 15) is 24.3 Å². The van der Waals surface area contributed by atoms with Gasteiger partial charge in [0.1, 0.15) is 17.2 Å². The number of carboxylic acids is 1. The second-order valence-electron chi connectivity index (χ2n) is 10.0. The number of thioether (sulfide) groups is 1. The molecule has 1 unspecified atom stereocenters. The fraction of sp³-hybridized carbons (Fsp3) is 0.143. The lowest BCUT2D eigenvalue weighted by Crippen LogP contribution is -2.30. The van der Waals surface area contributed by atoms with Crippen LogP contribution >= 0.6 is 11.8 Å². The van der Waals surface area contributed by atoms with Crippen LogP contribution < -0.4 is 25.4 Å². The number of aryl methyl sites for hydroxylation is 1. The van der Waals surface area contributed by atoms with Crippen molar-refractivity contribution in [2.75, 3.05) is 24.9 Å². The number of ether oxygens (including phenoxy) is 2. The summed E-state index contributed by atoms with van der Waals surface area (Å²) in [7, 11) is 3.03. The van der Waals surface area contributed by atoms with Gasteiger partial charge in [0.05, 0.1) is 25.0 Å². The van der Waals surface area contributed by atoms with Crippen molar-refractivity contribution in [3.05, 3.63) is 119 Å². The Morgan fingerprint density at radius 1 is 0.826 bits per heavy atom. The van der Waals surface area contributed by atoms with E-state index in [2.05, 4.69) is 16.0 Å². The second-order valence-corrected chi connectivity index (χ2v) is 11.5. The number of benzene rings is 4. The van der Waals surface area contributed by atoms with Crippen molar-refractivity contribution in [2.45, 2.75) is 24.0 Å². The molecule has 0 aliphatic heterocycles. The molecule has 0 spiro atoms. The topological polar surface area (TPSA) is 143 Å². The predicted molar refractivity (Wildman–Crippen MR) is 179 cm³/mol. The minimum Gasteiger partial charge on any atom is -0.497 e. The first-order valence-corrected chi connectivity index (χ1v) is 15.0. The molecule has 236 valence electrons. The average molecular weight is 640 g/mol. The van der Waals surface area contributed by atoms with Gasteiger partial charge in [0, 0.05) is 33.5 Å². The molecular weight excluding hydrogens is 606 g/mol. The summed E-state index contributed by atoms with van der Waals surface area (Å²) in [5.41, 5.74) is 2.65. The van der Waals surface area contributed by atoms with Crippen LogP contribution in [0, 0.1) is 6.92 Å². The van der Waals surface area contributed by atoms with Crippen molar-refractivity contribution in [3.8, 4) is 11.5 Å². The molecule has 0 saturated heterocycles. The van der Waals surface area contributed by atoms with E-state index in [4.69, 9.17) is 9.47 Å². The Kier molecular flexibility index (Phi) is 11.2. The van der Waals surface area contributed by atoms with Gasteiger partial charge in [0.25, 0.3) is 11.8 Å². The summed E-state index contributed by atoms with van der Waals surface area (Å²) in [6.07, 6.45) is 1.52. The number of hydrogen-bond donors (Lipinski definition) is 4. The molecule has 46 heavy (non-hydrogen) atoms. The number of nitrogens with one attached hydrogen (secondary N) is 3. The molecule has 0 saturated carbocycles. The molecule has 0 radical (unpaired) electrons. The molecule has 1 atom stereocenters. The number of aromatic carboxylic acids is 1. The van der Waals surface area contributed by atoms with E-state index in [1.54, 1.807) is 92.7 Å². The quantitative estimate of drug-likeness (QED) is 0.105. The van der Waals surface area contributed by atoms with E-state index in [0.29, 0.717) is 34.0 Å². The molecule has 10 nitrogen and oxygen atoms in total. The van der Waals surface area contributed by atoms with E-state index in [1.807, 2.05) is 0 Å². The smallest absolute Gasteiger partial charge is 0.335 e. The van der Waals surface area contributed by atoms with Crippen molar-refractivity contribution in [2.24, 2.45) is 0 Å². The zero-order valence-electron chi connectivity index (χ0n) is 25.6. The van der Waals surface area contributed by atoms with E-state index in [-0.39, 0.29) is 17.2 Å². The molecular formula is C35H33N3O7S. The fourth-order valence-corrected chi connectivity index (χ4v) is 5.10.